The third-order valence-corrected chi connectivity index (χ3v) is 5.09. The van der Waals surface area contributed by atoms with Crippen LogP contribution < -0.4 is 0 Å². The lowest BCUT2D eigenvalue weighted by molar-refractivity contribution is 0.632. The Balaban J connectivity index is 1.93. The molecule has 3 heteroatoms. The van der Waals surface area contributed by atoms with E-state index < -0.39 is 0 Å². The van der Waals surface area contributed by atoms with Gasteiger partial charge in [0.25, 0.3) is 0 Å². The number of nitrogens with zero attached hydrogens (tertiary/aromatic N) is 1. The summed E-state index contributed by atoms with van der Waals surface area (Å²) in [5, 5.41) is 2.95. The van der Waals surface area contributed by atoms with Gasteiger partial charge in [-0.3, -0.25) is 0 Å². The summed E-state index contributed by atoms with van der Waals surface area (Å²) in [6, 6.07) is 24.5. The van der Waals surface area contributed by atoms with Crippen LogP contribution in [0.5, 0.6) is 0 Å². The molecule has 0 radical (unpaired) electrons. The van der Waals surface area contributed by atoms with E-state index in [0.29, 0.717) is 5.02 Å². The van der Waals surface area contributed by atoms with Gasteiger partial charge in [0.05, 0.1) is 0 Å². The second-order valence-corrected chi connectivity index (χ2v) is 6.92. The first-order valence-electron chi connectivity index (χ1n) is 8.54. The van der Waals surface area contributed by atoms with E-state index in [9.17, 15) is 0 Å². The van der Waals surface area contributed by atoms with Gasteiger partial charge in [0.1, 0.15) is 11.3 Å². The first-order chi connectivity index (χ1) is 12.7. The molecule has 0 aliphatic carbocycles. The summed E-state index contributed by atoms with van der Waals surface area (Å²) in [5.41, 5.74) is 5.34. The van der Waals surface area contributed by atoms with Gasteiger partial charge in [-0.15, -0.1) is 0 Å². The molecule has 0 atom stereocenters. The van der Waals surface area contributed by atoms with E-state index in [1.807, 2.05) is 36.4 Å². The highest BCUT2D eigenvalue weighted by atomic mass is 35.5. The molecular formula is C23H16ClNO. The molecule has 0 saturated heterocycles. The molecule has 0 aliphatic rings. The number of aromatic nitrogens is 1. The van der Waals surface area contributed by atoms with Crippen molar-refractivity contribution in [1.29, 1.82) is 0 Å². The van der Waals surface area contributed by atoms with E-state index in [-0.39, 0.29) is 0 Å². The minimum atomic E-state index is 0.708. The van der Waals surface area contributed by atoms with E-state index in [2.05, 4.69) is 54.2 Å². The Morgan fingerprint density at radius 3 is 2.46 bits per heavy atom. The van der Waals surface area contributed by atoms with Gasteiger partial charge in [0.15, 0.2) is 0 Å². The van der Waals surface area contributed by atoms with Crippen LogP contribution >= 0.6 is 11.6 Å². The molecule has 0 bridgehead atoms. The van der Waals surface area contributed by atoms with Gasteiger partial charge in [0, 0.05) is 51.2 Å². The van der Waals surface area contributed by atoms with E-state index in [0.717, 1.165) is 33.4 Å². The van der Waals surface area contributed by atoms with Crippen molar-refractivity contribution < 1.29 is 4.42 Å². The minimum absolute atomic E-state index is 0.708. The van der Waals surface area contributed by atoms with Crippen molar-refractivity contribution in [2.24, 2.45) is 7.05 Å². The Labute approximate surface area is 156 Å². The predicted molar refractivity (Wildman–Crippen MR) is 109 cm³/mol. The summed E-state index contributed by atoms with van der Waals surface area (Å²) in [5.74, 6) is 0.874. The van der Waals surface area contributed by atoms with Crippen LogP contribution in [0.15, 0.2) is 83.4 Å². The highest BCUT2D eigenvalue weighted by Gasteiger charge is 2.21. The Morgan fingerprint density at radius 1 is 0.846 bits per heavy atom. The van der Waals surface area contributed by atoms with Crippen molar-refractivity contribution in [2.45, 2.75) is 0 Å². The summed E-state index contributed by atoms with van der Waals surface area (Å²) >= 11 is 6.31. The molecule has 0 aliphatic heterocycles. The molecule has 0 spiro atoms. The summed E-state index contributed by atoms with van der Waals surface area (Å²) in [4.78, 5) is 0. The maximum absolute atomic E-state index is 6.31. The molecule has 2 heterocycles. The van der Waals surface area contributed by atoms with Gasteiger partial charge in [-0.05, 0) is 24.3 Å². The molecule has 2 aromatic heterocycles. The molecule has 26 heavy (non-hydrogen) atoms. The molecule has 0 amide bonds. The third kappa shape index (κ3) is 2.27. The average molecular weight is 358 g/mol. The van der Waals surface area contributed by atoms with Crippen LogP contribution in [0.2, 0.25) is 5.02 Å². The molecule has 5 aromatic rings. The molecule has 5 rings (SSSR count). The first-order valence-corrected chi connectivity index (χ1v) is 8.92. The molecule has 0 saturated carbocycles. The normalized spacial score (nSPS) is 11.5. The average Bonchev–Trinajstić information content (AvgIpc) is 3.20. The first kappa shape index (κ1) is 15.3. The number of halogens is 1. The SMILES string of the molecule is Cn1cc(-c2c(-c3ccccc3)oc3ccc(Cl)cc23)c2ccccc21. The molecule has 126 valence electrons. The van der Waals surface area contributed by atoms with Gasteiger partial charge in [-0.1, -0.05) is 60.1 Å². The number of rotatable bonds is 2. The van der Waals surface area contributed by atoms with Gasteiger partial charge in [-0.2, -0.15) is 0 Å². The fourth-order valence-corrected chi connectivity index (χ4v) is 3.84. The van der Waals surface area contributed by atoms with E-state index >= 15 is 0 Å². The standard InChI is InChI=1S/C23H16ClNO/c1-25-14-19(17-9-5-6-10-20(17)25)22-18-13-16(24)11-12-21(18)26-23(22)15-7-3-2-4-8-15/h2-14H,1H3. The Morgan fingerprint density at radius 2 is 1.62 bits per heavy atom. The van der Waals surface area contributed by atoms with Crippen LogP contribution in [0.3, 0.4) is 0 Å². The van der Waals surface area contributed by atoms with Crippen LogP contribution in [0.4, 0.5) is 0 Å². The second-order valence-electron chi connectivity index (χ2n) is 6.48. The van der Waals surface area contributed by atoms with Gasteiger partial charge < -0.3 is 8.98 Å². The summed E-state index contributed by atoms with van der Waals surface area (Å²) in [6.07, 6.45) is 2.17. The lowest BCUT2D eigenvalue weighted by atomic mass is 9.98. The molecule has 0 N–H and O–H groups in total. The molecule has 0 fully saturated rings. The topological polar surface area (TPSA) is 18.1 Å². The van der Waals surface area contributed by atoms with E-state index in [1.54, 1.807) is 0 Å². The Kier molecular flexibility index (Phi) is 3.41. The van der Waals surface area contributed by atoms with Gasteiger partial charge >= 0.3 is 0 Å². The quantitative estimate of drug-likeness (QED) is 0.335. The zero-order valence-electron chi connectivity index (χ0n) is 14.2. The molecular weight excluding hydrogens is 342 g/mol. The fraction of sp³-hybridized carbons (Fsp3) is 0.0435. The zero-order chi connectivity index (χ0) is 17.7. The highest BCUT2D eigenvalue weighted by Crippen LogP contribution is 2.44. The predicted octanol–water partition coefficient (Wildman–Crippen LogP) is 6.91. The van der Waals surface area contributed by atoms with Crippen molar-refractivity contribution >= 4 is 33.5 Å². The Hall–Kier alpha value is -2.97. The monoisotopic (exact) mass is 357 g/mol. The van der Waals surface area contributed by atoms with E-state index in [1.165, 1.54) is 10.9 Å². The third-order valence-electron chi connectivity index (χ3n) is 4.85. The maximum atomic E-state index is 6.31. The van der Waals surface area contributed by atoms with Crippen LogP contribution in [-0.4, -0.2) is 4.57 Å². The van der Waals surface area contributed by atoms with Crippen LogP contribution in [0, 0.1) is 0 Å². The number of hydrogen-bond donors (Lipinski definition) is 0. The van der Waals surface area contributed by atoms with Crippen molar-refractivity contribution in [3.05, 3.63) is 84.0 Å². The highest BCUT2D eigenvalue weighted by molar-refractivity contribution is 6.31. The fourth-order valence-electron chi connectivity index (χ4n) is 3.67. The Bertz CT molecular complexity index is 1250. The zero-order valence-corrected chi connectivity index (χ0v) is 15.0. The van der Waals surface area contributed by atoms with E-state index in [4.69, 9.17) is 16.0 Å². The van der Waals surface area contributed by atoms with Crippen molar-refractivity contribution in [1.82, 2.24) is 4.57 Å². The van der Waals surface area contributed by atoms with Crippen molar-refractivity contribution in [2.75, 3.05) is 0 Å². The van der Waals surface area contributed by atoms with Crippen LogP contribution in [-0.2, 0) is 7.05 Å². The number of aryl methyl sites for hydroxylation is 1. The molecule has 2 nitrogen and oxygen atoms in total. The van der Waals surface area contributed by atoms with Crippen molar-refractivity contribution in [3.63, 3.8) is 0 Å². The second kappa shape index (κ2) is 5.79. The lowest BCUT2D eigenvalue weighted by Crippen LogP contribution is -1.82. The number of furan rings is 1. The van der Waals surface area contributed by atoms with Gasteiger partial charge in [0.2, 0.25) is 0 Å². The number of para-hydroxylation sites is 1. The summed E-state index contributed by atoms with van der Waals surface area (Å²) in [7, 11) is 2.07. The summed E-state index contributed by atoms with van der Waals surface area (Å²) < 4.78 is 8.44. The smallest absolute Gasteiger partial charge is 0.143 e. The largest absolute Gasteiger partial charge is 0.455 e. The molecule has 0 unspecified atom stereocenters. The van der Waals surface area contributed by atoms with Gasteiger partial charge in [-0.25, -0.2) is 0 Å². The number of hydrogen-bond acceptors (Lipinski definition) is 1. The van der Waals surface area contributed by atoms with Crippen LogP contribution in [0.25, 0.3) is 44.3 Å². The minimum Gasteiger partial charge on any atom is -0.455 e. The summed E-state index contributed by atoms with van der Waals surface area (Å²) in [6.45, 7) is 0. The van der Waals surface area contributed by atoms with Crippen LogP contribution in [0.1, 0.15) is 0 Å². The van der Waals surface area contributed by atoms with Crippen molar-refractivity contribution in [3.8, 4) is 22.5 Å². The lowest BCUT2D eigenvalue weighted by Gasteiger charge is -2.03. The number of fused-ring (bicyclic) bond motifs is 2. The molecule has 3 aromatic carbocycles. The number of benzene rings is 3. The maximum Gasteiger partial charge on any atom is 0.143 e.